The molecule has 0 radical (unpaired) electrons. The zero-order chi connectivity index (χ0) is 18.2. The maximum Gasteiger partial charge on any atom is 0.129 e. The van der Waals surface area contributed by atoms with Crippen LogP contribution < -0.4 is 4.90 Å². The van der Waals surface area contributed by atoms with Crippen molar-refractivity contribution >= 4 is 38.3 Å². The van der Waals surface area contributed by atoms with Crippen LogP contribution in [0.15, 0.2) is 54.6 Å². The van der Waals surface area contributed by atoms with Crippen molar-refractivity contribution in [3.8, 4) is 10.6 Å². The van der Waals surface area contributed by atoms with Gasteiger partial charge < -0.3 is 10.0 Å². The van der Waals surface area contributed by atoms with Crippen LogP contribution in [0.1, 0.15) is 12.8 Å². The molecule has 0 aliphatic carbocycles. The fourth-order valence-corrected chi connectivity index (χ4v) is 4.91. The Bertz CT molecular complexity index is 1070. The topological polar surface area (TPSA) is 49.2 Å². The van der Waals surface area contributed by atoms with Gasteiger partial charge in [0.1, 0.15) is 10.8 Å². The lowest BCUT2D eigenvalue weighted by molar-refractivity contribution is 0.208. The molecule has 1 fully saturated rings. The molecule has 2 aromatic carbocycles. The first-order valence-corrected chi connectivity index (χ1v) is 10.2. The number of para-hydroxylation sites is 2. The Labute approximate surface area is 162 Å². The molecule has 1 aliphatic rings. The molecule has 0 spiro atoms. The summed E-state index contributed by atoms with van der Waals surface area (Å²) < 4.78 is 1.20. The van der Waals surface area contributed by atoms with Crippen LogP contribution in [0, 0.1) is 5.92 Å². The summed E-state index contributed by atoms with van der Waals surface area (Å²) in [5.74, 6) is 1.32. The number of fused-ring (bicyclic) bond motifs is 2. The van der Waals surface area contributed by atoms with Crippen LogP contribution in [0.5, 0.6) is 0 Å². The number of hydrogen-bond donors (Lipinski definition) is 1. The molecule has 4 nitrogen and oxygen atoms in total. The van der Waals surface area contributed by atoms with Gasteiger partial charge in [-0.1, -0.05) is 30.3 Å². The normalized spacial score (nSPS) is 17.7. The minimum Gasteiger partial charge on any atom is -0.396 e. The van der Waals surface area contributed by atoms with Crippen LogP contribution in [0.2, 0.25) is 0 Å². The second-order valence-corrected chi connectivity index (χ2v) is 8.20. The van der Waals surface area contributed by atoms with E-state index in [1.807, 2.05) is 12.1 Å². The van der Waals surface area contributed by atoms with E-state index in [4.69, 9.17) is 9.97 Å². The van der Waals surface area contributed by atoms with Gasteiger partial charge in [-0.05, 0) is 43.0 Å². The van der Waals surface area contributed by atoms with Crippen molar-refractivity contribution in [1.29, 1.82) is 0 Å². The van der Waals surface area contributed by atoms with E-state index in [9.17, 15) is 5.11 Å². The van der Waals surface area contributed by atoms with Crippen LogP contribution in [0.3, 0.4) is 0 Å². The Kier molecular flexibility index (Phi) is 4.26. The molecule has 1 N–H and O–H groups in total. The third-order valence-electron chi connectivity index (χ3n) is 5.33. The number of thiazole rings is 1. The van der Waals surface area contributed by atoms with E-state index in [1.54, 1.807) is 11.3 Å². The average Bonchev–Trinajstić information content (AvgIpc) is 3.17. The highest BCUT2D eigenvalue weighted by atomic mass is 32.1. The summed E-state index contributed by atoms with van der Waals surface area (Å²) in [5, 5.41) is 11.8. The number of pyridine rings is 1. The Hall–Kier alpha value is -2.50. The Morgan fingerprint density at radius 1 is 1.04 bits per heavy atom. The van der Waals surface area contributed by atoms with Crippen molar-refractivity contribution in [3.05, 3.63) is 54.6 Å². The van der Waals surface area contributed by atoms with Crippen LogP contribution in [-0.4, -0.2) is 34.8 Å². The number of anilines is 1. The van der Waals surface area contributed by atoms with Gasteiger partial charge in [0.2, 0.25) is 0 Å². The SMILES string of the molecule is OCC1CCCN(c2cc(-c3nc4ccccc4s3)c3ccccc3n2)C1. The zero-order valence-electron chi connectivity index (χ0n) is 15.0. The molecule has 1 unspecified atom stereocenters. The van der Waals surface area contributed by atoms with E-state index in [0.29, 0.717) is 5.92 Å². The number of aromatic nitrogens is 2. The Balaban J connectivity index is 1.66. The van der Waals surface area contributed by atoms with Crippen molar-refractivity contribution in [2.45, 2.75) is 12.8 Å². The molecule has 5 rings (SSSR count). The van der Waals surface area contributed by atoms with Gasteiger partial charge in [-0.3, -0.25) is 0 Å². The van der Waals surface area contributed by atoms with Gasteiger partial charge in [-0.25, -0.2) is 9.97 Å². The van der Waals surface area contributed by atoms with E-state index in [-0.39, 0.29) is 6.61 Å². The third kappa shape index (κ3) is 3.07. The van der Waals surface area contributed by atoms with Crippen molar-refractivity contribution in [3.63, 3.8) is 0 Å². The van der Waals surface area contributed by atoms with E-state index in [2.05, 4.69) is 47.4 Å². The first kappa shape index (κ1) is 16.7. The zero-order valence-corrected chi connectivity index (χ0v) is 15.8. The van der Waals surface area contributed by atoms with E-state index >= 15 is 0 Å². The molecule has 1 aliphatic heterocycles. The second kappa shape index (κ2) is 6.91. The molecule has 0 bridgehead atoms. The smallest absolute Gasteiger partial charge is 0.129 e. The van der Waals surface area contributed by atoms with Gasteiger partial charge in [0, 0.05) is 30.6 Å². The molecular weight excluding hydrogens is 354 g/mol. The Morgan fingerprint density at radius 2 is 1.85 bits per heavy atom. The number of rotatable bonds is 3. The van der Waals surface area contributed by atoms with Crippen LogP contribution >= 0.6 is 11.3 Å². The molecule has 136 valence electrons. The van der Waals surface area contributed by atoms with Crippen molar-refractivity contribution in [2.75, 3.05) is 24.6 Å². The predicted octanol–water partition coefficient (Wildman–Crippen LogP) is 4.72. The lowest BCUT2D eigenvalue weighted by atomic mass is 9.99. The fraction of sp³-hybridized carbons (Fsp3) is 0.273. The third-order valence-corrected chi connectivity index (χ3v) is 6.40. The molecule has 3 heterocycles. The highest BCUT2D eigenvalue weighted by Gasteiger charge is 2.22. The van der Waals surface area contributed by atoms with Gasteiger partial charge >= 0.3 is 0 Å². The van der Waals surface area contributed by atoms with Gasteiger partial charge in [0.05, 0.1) is 15.7 Å². The molecular formula is C22H21N3OS. The molecule has 0 saturated carbocycles. The van der Waals surface area contributed by atoms with Crippen LogP contribution in [-0.2, 0) is 0 Å². The maximum absolute atomic E-state index is 9.59. The lowest BCUT2D eigenvalue weighted by Gasteiger charge is -2.33. The van der Waals surface area contributed by atoms with E-state index in [1.165, 1.54) is 4.70 Å². The van der Waals surface area contributed by atoms with E-state index in [0.717, 1.165) is 58.7 Å². The standard InChI is InChI=1S/C22H21N3OS/c26-14-15-6-5-11-25(13-15)21-12-17(16-7-1-2-8-18(16)23-21)22-24-19-9-3-4-10-20(19)27-22/h1-4,7-10,12,15,26H,5-6,11,13-14H2. The minimum absolute atomic E-state index is 0.245. The molecule has 0 amide bonds. The number of hydrogen-bond acceptors (Lipinski definition) is 5. The highest BCUT2D eigenvalue weighted by molar-refractivity contribution is 7.21. The molecule has 1 saturated heterocycles. The summed E-state index contributed by atoms with van der Waals surface area (Å²) >= 11 is 1.73. The monoisotopic (exact) mass is 375 g/mol. The summed E-state index contributed by atoms with van der Waals surface area (Å²) in [6.07, 6.45) is 2.18. The van der Waals surface area contributed by atoms with Crippen molar-refractivity contribution < 1.29 is 5.11 Å². The molecule has 27 heavy (non-hydrogen) atoms. The summed E-state index contributed by atoms with van der Waals surface area (Å²) in [4.78, 5) is 12.1. The molecule has 1 atom stereocenters. The minimum atomic E-state index is 0.245. The largest absolute Gasteiger partial charge is 0.396 e. The number of benzene rings is 2. The van der Waals surface area contributed by atoms with Gasteiger partial charge in [0.25, 0.3) is 0 Å². The predicted molar refractivity (Wildman–Crippen MR) is 112 cm³/mol. The lowest BCUT2D eigenvalue weighted by Crippen LogP contribution is -2.37. The average molecular weight is 375 g/mol. The van der Waals surface area contributed by atoms with E-state index < -0.39 is 0 Å². The van der Waals surface area contributed by atoms with Crippen molar-refractivity contribution in [2.24, 2.45) is 5.92 Å². The quantitative estimate of drug-likeness (QED) is 0.563. The van der Waals surface area contributed by atoms with Crippen LogP contribution in [0.4, 0.5) is 5.82 Å². The summed E-state index contributed by atoms with van der Waals surface area (Å²) in [6.45, 7) is 2.09. The van der Waals surface area contributed by atoms with Crippen LogP contribution in [0.25, 0.3) is 31.7 Å². The first-order chi connectivity index (χ1) is 13.3. The first-order valence-electron chi connectivity index (χ1n) is 9.43. The van der Waals surface area contributed by atoms with Gasteiger partial charge in [-0.2, -0.15) is 0 Å². The van der Waals surface area contributed by atoms with Gasteiger partial charge in [-0.15, -0.1) is 11.3 Å². The summed E-state index contributed by atoms with van der Waals surface area (Å²) in [5.41, 5.74) is 3.18. The maximum atomic E-state index is 9.59. The molecule has 4 aromatic rings. The molecule has 2 aromatic heterocycles. The Morgan fingerprint density at radius 3 is 2.70 bits per heavy atom. The highest BCUT2D eigenvalue weighted by Crippen LogP contribution is 2.36. The summed E-state index contributed by atoms with van der Waals surface area (Å²) in [6, 6.07) is 18.8. The van der Waals surface area contributed by atoms with Crippen molar-refractivity contribution in [1.82, 2.24) is 9.97 Å². The molecule has 5 heteroatoms. The number of piperidine rings is 1. The number of nitrogens with zero attached hydrogens (tertiary/aromatic N) is 3. The second-order valence-electron chi connectivity index (χ2n) is 7.17. The number of aliphatic hydroxyl groups excluding tert-OH is 1. The summed E-state index contributed by atoms with van der Waals surface area (Å²) in [7, 11) is 0. The fourth-order valence-electron chi connectivity index (χ4n) is 3.91. The van der Waals surface area contributed by atoms with Gasteiger partial charge in [0.15, 0.2) is 0 Å². The number of aliphatic hydroxyl groups is 1.